The van der Waals surface area contributed by atoms with Crippen LogP contribution < -0.4 is 10.6 Å². The zero-order valence-electron chi connectivity index (χ0n) is 20.0. The Morgan fingerprint density at radius 2 is 1.91 bits per heavy atom. The van der Waals surface area contributed by atoms with Gasteiger partial charge in [-0.3, -0.25) is 9.89 Å². The van der Waals surface area contributed by atoms with Crippen molar-refractivity contribution in [3.8, 4) is 0 Å². The zero-order chi connectivity index (χ0) is 21.7. The summed E-state index contributed by atoms with van der Waals surface area (Å²) in [5, 5.41) is 6.90. The number of nitrogens with one attached hydrogen (secondary N) is 2. The highest BCUT2D eigenvalue weighted by Gasteiger charge is 2.19. The van der Waals surface area contributed by atoms with Crippen LogP contribution in [0.5, 0.6) is 0 Å². The van der Waals surface area contributed by atoms with Gasteiger partial charge in [0.2, 0.25) is 0 Å². The van der Waals surface area contributed by atoms with Crippen LogP contribution in [0, 0.1) is 5.92 Å². The minimum Gasteiger partial charge on any atom is -0.381 e. The van der Waals surface area contributed by atoms with Crippen LogP contribution in [-0.4, -0.2) is 63.5 Å². The van der Waals surface area contributed by atoms with Crippen molar-refractivity contribution in [2.24, 2.45) is 10.9 Å². The third kappa shape index (κ3) is 9.53. The van der Waals surface area contributed by atoms with Crippen LogP contribution in [0.2, 0.25) is 0 Å². The van der Waals surface area contributed by atoms with E-state index >= 15 is 0 Å². The lowest BCUT2D eigenvalue weighted by atomic mass is 10.0. The van der Waals surface area contributed by atoms with Crippen LogP contribution in [0.25, 0.3) is 0 Å². The fourth-order valence-corrected chi connectivity index (χ4v) is 4.44. The average molecular weight is 559 g/mol. The predicted octanol–water partition coefficient (Wildman–Crippen LogP) is 4.18. The Labute approximate surface area is 211 Å². The minimum atomic E-state index is 0. The van der Waals surface area contributed by atoms with Gasteiger partial charge < -0.3 is 20.1 Å². The number of ether oxygens (including phenoxy) is 2. The molecule has 0 amide bonds. The van der Waals surface area contributed by atoms with Crippen LogP contribution in [-0.2, 0) is 22.6 Å². The largest absolute Gasteiger partial charge is 0.381 e. The van der Waals surface area contributed by atoms with Gasteiger partial charge in [0.25, 0.3) is 0 Å². The second-order valence-corrected chi connectivity index (χ2v) is 8.92. The monoisotopic (exact) mass is 558 g/mol. The molecule has 1 aromatic rings. The molecule has 6 nitrogen and oxygen atoms in total. The van der Waals surface area contributed by atoms with E-state index in [1.807, 2.05) is 7.05 Å². The Morgan fingerprint density at radius 1 is 1.12 bits per heavy atom. The van der Waals surface area contributed by atoms with Crippen molar-refractivity contribution in [3.05, 3.63) is 35.4 Å². The molecule has 0 saturated carbocycles. The SMILES string of the molecule is CN=C(NCCCOCC1CCOCC1)NCc1ccccc1CN1CCCCC1C.I. The molecule has 0 radical (unpaired) electrons. The minimum absolute atomic E-state index is 0. The number of hydrogen-bond acceptors (Lipinski definition) is 4. The van der Waals surface area contributed by atoms with Gasteiger partial charge >= 0.3 is 0 Å². The molecule has 2 aliphatic heterocycles. The highest BCUT2D eigenvalue weighted by Crippen LogP contribution is 2.21. The van der Waals surface area contributed by atoms with Gasteiger partial charge in [-0.15, -0.1) is 24.0 Å². The molecule has 2 saturated heterocycles. The first kappa shape index (κ1) is 27.3. The summed E-state index contributed by atoms with van der Waals surface area (Å²) in [4.78, 5) is 7.00. The third-order valence-corrected chi connectivity index (χ3v) is 6.55. The van der Waals surface area contributed by atoms with E-state index in [-0.39, 0.29) is 24.0 Å². The van der Waals surface area contributed by atoms with E-state index in [0.29, 0.717) is 12.0 Å². The molecule has 182 valence electrons. The van der Waals surface area contributed by atoms with Gasteiger partial charge in [-0.2, -0.15) is 0 Å². The smallest absolute Gasteiger partial charge is 0.191 e. The number of hydrogen-bond donors (Lipinski definition) is 2. The average Bonchev–Trinajstić information content (AvgIpc) is 2.81. The number of likely N-dealkylation sites (tertiary alicyclic amines) is 1. The van der Waals surface area contributed by atoms with E-state index in [9.17, 15) is 0 Å². The maximum atomic E-state index is 5.85. The Bertz CT molecular complexity index is 667. The van der Waals surface area contributed by atoms with Gasteiger partial charge in [0.05, 0.1) is 0 Å². The number of aliphatic imine (C=N–C) groups is 1. The van der Waals surface area contributed by atoms with Gasteiger partial charge in [-0.1, -0.05) is 30.7 Å². The number of guanidine groups is 1. The highest BCUT2D eigenvalue weighted by molar-refractivity contribution is 14.0. The van der Waals surface area contributed by atoms with E-state index in [0.717, 1.165) is 71.3 Å². The summed E-state index contributed by atoms with van der Waals surface area (Å²) in [7, 11) is 1.83. The first-order chi connectivity index (χ1) is 15.3. The van der Waals surface area contributed by atoms with E-state index < -0.39 is 0 Å². The molecular weight excluding hydrogens is 515 g/mol. The first-order valence-electron chi connectivity index (χ1n) is 12.2. The summed E-state index contributed by atoms with van der Waals surface area (Å²) in [6.45, 7) is 9.69. The van der Waals surface area contributed by atoms with Crippen molar-refractivity contribution < 1.29 is 9.47 Å². The predicted molar refractivity (Wildman–Crippen MR) is 143 cm³/mol. The number of benzene rings is 1. The van der Waals surface area contributed by atoms with Gasteiger partial charge in [-0.25, -0.2) is 0 Å². The van der Waals surface area contributed by atoms with Gasteiger partial charge in [0.15, 0.2) is 5.96 Å². The number of piperidine rings is 1. The molecular formula is C25H43IN4O2. The fourth-order valence-electron chi connectivity index (χ4n) is 4.44. The lowest BCUT2D eigenvalue weighted by molar-refractivity contribution is 0.0203. The Morgan fingerprint density at radius 3 is 2.66 bits per heavy atom. The van der Waals surface area contributed by atoms with E-state index in [1.165, 1.54) is 36.9 Å². The van der Waals surface area contributed by atoms with Crippen molar-refractivity contribution in [1.82, 2.24) is 15.5 Å². The first-order valence-corrected chi connectivity index (χ1v) is 12.2. The molecule has 3 rings (SSSR count). The van der Waals surface area contributed by atoms with Crippen molar-refractivity contribution in [1.29, 1.82) is 0 Å². The van der Waals surface area contributed by atoms with E-state index in [1.54, 1.807) is 0 Å². The number of nitrogens with zero attached hydrogens (tertiary/aromatic N) is 2. The molecule has 2 aliphatic rings. The number of halogens is 1. The molecule has 7 heteroatoms. The highest BCUT2D eigenvalue weighted by atomic mass is 127. The molecule has 0 aliphatic carbocycles. The summed E-state index contributed by atoms with van der Waals surface area (Å²) in [6, 6.07) is 9.46. The maximum Gasteiger partial charge on any atom is 0.191 e. The summed E-state index contributed by atoms with van der Waals surface area (Å²) in [5.74, 6) is 1.52. The van der Waals surface area contributed by atoms with Crippen LogP contribution in [0.1, 0.15) is 56.6 Å². The van der Waals surface area contributed by atoms with Gasteiger partial charge in [0, 0.05) is 59.2 Å². The Kier molecular flexibility index (Phi) is 13.5. The molecule has 2 N–H and O–H groups in total. The molecule has 1 unspecified atom stereocenters. The lowest BCUT2D eigenvalue weighted by Crippen LogP contribution is -2.39. The molecule has 0 aromatic heterocycles. The van der Waals surface area contributed by atoms with Crippen LogP contribution in [0.15, 0.2) is 29.3 Å². The molecule has 1 atom stereocenters. The fraction of sp³-hybridized carbons (Fsp3) is 0.720. The molecule has 0 bridgehead atoms. The number of rotatable bonds is 10. The van der Waals surface area contributed by atoms with Crippen molar-refractivity contribution in [2.45, 2.75) is 64.6 Å². The topological polar surface area (TPSA) is 58.1 Å². The van der Waals surface area contributed by atoms with Crippen molar-refractivity contribution in [3.63, 3.8) is 0 Å². The third-order valence-electron chi connectivity index (χ3n) is 6.55. The van der Waals surface area contributed by atoms with Gasteiger partial charge in [-0.05, 0) is 62.6 Å². The molecule has 1 aromatic carbocycles. The summed E-state index contributed by atoms with van der Waals surface area (Å²) in [5.41, 5.74) is 2.77. The quantitative estimate of drug-likeness (QED) is 0.195. The van der Waals surface area contributed by atoms with Gasteiger partial charge in [0.1, 0.15) is 0 Å². The Hall–Kier alpha value is -0.900. The molecule has 2 heterocycles. The summed E-state index contributed by atoms with van der Waals surface area (Å²) in [6.07, 6.45) is 7.24. The normalized spacial score (nSPS) is 20.6. The van der Waals surface area contributed by atoms with Crippen LogP contribution in [0.3, 0.4) is 0 Å². The Balaban J connectivity index is 0.00000363. The zero-order valence-corrected chi connectivity index (χ0v) is 22.3. The van der Waals surface area contributed by atoms with Crippen molar-refractivity contribution >= 4 is 29.9 Å². The molecule has 32 heavy (non-hydrogen) atoms. The maximum absolute atomic E-state index is 5.85. The second-order valence-electron chi connectivity index (χ2n) is 8.92. The van der Waals surface area contributed by atoms with Crippen LogP contribution in [0.4, 0.5) is 0 Å². The lowest BCUT2D eigenvalue weighted by Gasteiger charge is -2.33. The molecule has 2 fully saturated rings. The standard InChI is InChI=1S/C25H42N4O2.HI/c1-21-8-5-6-14-29(21)19-24-10-4-3-9-23(24)18-28-25(26-2)27-13-7-15-31-20-22-11-16-30-17-12-22;/h3-4,9-10,21-22H,5-8,11-20H2,1-2H3,(H2,26,27,28);1H. The second kappa shape index (κ2) is 15.9. The van der Waals surface area contributed by atoms with Crippen LogP contribution >= 0.6 is 24.0 Å². The van der Waals surface area contributed by atoms with E-state index in [2.05, 4.69) is 51.7 Å². The summed E-state index contributed by atoms with van der Waals surface area (Å²) < 4.78 is 11.3. The van der Waals surface area contributed by atoms with Crippen molar-refractivity contribution in [2.75, 3.05) is 46.6 Å². The van der Waals surface area contributed by atoms with E-state index in [4.69, 9.17) is 9.47 Å². The summed E-state index contributed by atoms with van der Waals surface area (Å²) >= 11 is 0. The molecule has 0 spiro atoms.